The van der Waals surface area contributed by atoms with Crippen LogP contribution >= 0.6 is 0 Å². The topological polar surface area (TPSA) is 66.5 Å². The molecule has 0 saturated heterocycles. The molecule has 0 spiro atoms. The molecule has 0 bridgehead atoms. The summed E-state index contributed by atoms with van der Waals surface area (Å²) in [6, 6.07) is 4.96. The lowest BCUT2D eigenvalue weighted by molar-refractivity contribution is -0.126. The summed E-state index contributed by atoms with van der Waals surface area (Å²) in [5.41, 5.74) is 0.109. The van der Waals surface area contributed by atoms with Gasteiger partial charge in [0.15, 0.2) is 0 Å². The fourth-order valence-electron chi connectivity index (χ4n) is 1.12. The number of hydrogen-bond acceptors (Lipinski definition) is 3. The first-order valence-corrected chi connectivity index (χ1v) is 6.31. The third kappa shape index (κ3) is 3.23. The molecule has 0 aliphatic rings. The summed E-state index contributed by atoms with van der Waals surface area (Å²) in [6.45, 7) is 0. The van der Waals surface area contributed by atoms with Crippen LogP contribution in [0.25, 0.3) is 0 Å². The molecule has 0 aliphatic carbocycles. The first-order chi connectivity index (χ1) is 8.25. The molecule has 0 radical (unpaired) electrons. The molecular formula is C10H12F2N2O3S. The second-order valence-electron chi connectivity index (χ2n) is 3.60. The number of anilines is 1. The monoisotopic (exact) mass is 278 g/mol. The Kier molecular flexibility index (Phi) is 4.36. The zero-order chi connectivity index (χ0) is 13.9. The molecule has 0 aromatic heterocycles. The summed E-state index contributed by atoms with van der Waals surface area (Å²) in [5.74, 6) is -1.43. The lowest BCUT2D eigenvalue weighted by Crippen LogP contribution is -2.22. The molecule has 1 aromatic rings. The standard InChI is InChI=1S/C10H12F2N2O3S/c1-14(2)18(16,17)8-5-3-7(4-6-8)13-10(15)9(11)12/h3-6,9H,1-2H3,(H,13,15). The van der Waals surface area contributed by atoms with Gasteiger partial charge in [0.05, 0.1) is 4.90 Å². The van der Waals surface area contributed by atoms with Crippen molar-refractivity contribution in [3.05, 3.63) is 24.3 Å². The van der Waals surface area contributed by atoms with E-state index in [1.807, 2.05) is 5.32 Å². The number of rotatable bonds is 4. The van der Waals surface area contributed by atoms with Crippen LogP contribution < -0.4 is 5.32 Å². The van der Waals surface area contributed by atoms with E-state index in [1.165, 1.54) is 38.4 Å². The van der Waals surface area contributed by atoms with Crippen LogP contribution in [0.15, 0.2) is 29.2 Å². The van der Waals surface area contributed by atoms with Gasteiger partial charge in [-0.15, -0.1) is 0 Å². The van der Waals surface area contributed by atoms with Gasteiger partial charge in [-0.2, -0.15) is 8.78 Å². The number of carbonyl (C=O) groups is 1. The zero-order valence-electron chi connectivity index (χ0n) is 9.72. The number of hydrogen-bond donors (Lipinski definition) is 1. The Morgan fingerprint density at radius 2 is 1.72 bits per heavy atom. The van der Waals surface area contributed by atoms with Gasteiger partial charge in [-0.05, 0) is 24.3 Å². The van der Waals surface area contributed by atoms with E-state index in [1.54, 1.807) is 0 Å². The van der Waals surface area contributed by atoms with E-state index in [9.17, 15) is 22.0 Å². The van der Waals surface area contributed by atoms with E-state index in [0.29, 0.717) is 0 Å². The Morgan fingerprint density at radius 1 is 1.22 bits per heavy atom. The van der Waals surface area contributed by atoms with Crippen molar-refractivity contribution in [3.8, 4) is 0 Å². The summed E-state index contributed by atoms with van der Waals surface area (Å²) in [6.07, 6.45) is -3.12. The van der Waals surface area contributed by atoms with Crippen molar-refractivity contribution in [2.75, 3.05) is 19.4 Å². The molecule has 1 aromatic carbocycles. The predicted molar refractivity (Wildman–Crippen MR) is 61.9 cm³/mol. The predicted octanol–water partition coefficient (Wildman–Crippen LogP) is 1.14. The quantitative estimate of drug-likeness (QED) is 0.898. The van der Waals surface area contributed by atoms with Crippen LogP contribution in [-0.4, -0.2) is 39.2 Å². The van der Waals surface area contributed by atoms with Crippen molar-refractivity contribution in [2.24, 2.45) is 0 Å². The highest BCUT2D eigenvalue weighted by Crippen LogP contribution is 2.16. The third-order valence-electron chi connectivity index (χ3n) is 2.10. The minimum absolute atomic E-state index is 0.0162. The van der Waals surface area contributed by atoms with Gasteiger partial charge in [0.25, 0.3) is 5.91 Å². The Balaban J connectivity index is 2.91. The maximum absolute atomic E-state index is 12.0. The van der Waals surface area contributed by atoms with Crippen LogP contribution in [0.5, 0.6) is 0 Å². The number of nitrogens with zero attached hydrogens (tertiary/aromatic N) is 1. The average molecular weight is 278 g/mol. The largest absolute Gasteiger partial charge is 0.321 e. The van der Waals surface area contributed by atoms with Gasteiger partial charge in [0, 0.05) is 19.8 Å². The molecule has 8 heteroatoms. The second-order valence-corrected chi connectivity index (χ2v) is 5.75. The summed E-state index contributed by atoms with van der Waals surface area (Å²) >= 11 is 0. The molecule has 0 heterocycles. The number of amides is 1. The van der Waals surface area contributed by atoms with E-state index < -0.39 is 22.4 Å². The van der Waals surface area contributed by atoms with Crippen LogP contribution in [0.3, 0.4) is 0 Å². The van der Waals surface area contributed by atoms with Crippen LogP contribution in [0.4, 0.5) is 14.5 Å². The van der Waals surface area contributed by atoms with E-state index in [2.05, 4.69) is 0 Å². The number of alkyl halides is 2. The molecule has 0 atom stereocenters. The van der Waals surface area contributed by atoms with E-state index in [0.717, 1.165) is 4.31 Å². The maximum Gasteiger partial charge on any atom is 0.315 e. The molecule has 1 amide bonds. The summed E-state index contributed by atoms with van der Waals surface area (Å²) in [5, 5.41) is 1.95. The fraction of sp³-hybridized carbons (Fsp3) is 0.300. The smallest absolute Gasteiger partial charge is 0.315 e. The molecule has 18 heavy (non-hydrogen) atoms. The average Bonchev–Trinajstić information content (AvgIpc) is 2.29. The van der Waals surface area contributed by atoms with Gasteiger partial charge < -0.3 is 5.32 Å². The SMILES string of the molecule is CN(C)S(=O)(=O)c1ccc(NC(=O)C(F)F)cc1. The van der Waals surface area contributed by atoms with Gasteiger partial charge in [0.1, 0.15) is 0 Å². The van der Waals surface area contributed by atoms with E-state index >= 15 is 0 Å². The van der Waals surface area contributed by atoms with Crippen LogP contribution in [0, 0.1) is 0 Å². The molecule has 100 valence electrons. The fourth-order valence-corrected chi connectivity index (χ4v) is 2.02. The molecule has 1 N–H and O–H groups in total. The highest BCUT2D eigenvalue weighted by Gasteiger charge is 2.18. The Bertz CT molecular complexity index is 527. The van der Waals surface area contributed by atoms with E-state index in [-0.39, 0.29) is 10.6 Å². The summed E-state index contributed by atoms with van der Waals surface area (Å²) in [4.78, 5) is 10.7. The Hall–Kier alpha value is -1.54. The number of halogens is 2. The molecular weight excluding hydrogens is 266 g/mol. The summed E-state index contributed by atoms with van der Waals surface area (Å²) < 4.78 is 48.4. The lowest BCUT2D eigenvalue weighted by atomic mass is 10.3. The van der Waals surface area contributed by atoms with Crippen LogP contribution in [0.2, 0.25) is 0 Å². The number of nitrogens with one attached hydrogen (secondary N) is 1. The normalized spacial score (nSPS) is 11.9. The first-order valence-electron chi connectivity index (χ1n) is 4.87. The molecule has 0 fully saturated rings. The number of benzene rings is 1. The van der Waals surface area contributed by atoms with Crippen LogP contribution in [-0.2, 0) is 14.8 Å². The maximum atomic E-state index is 12.0. The Labute approximate surface area is 103 Å². The van der Waals surface area contributed by atoms with Crippen molar-refractivity contribution >= 4 is 21.6 Å². The third-order valence-corrected chi connectivity index (χ3v) is 3.93. The number of sulfonamides is 1. The van der Waals surface area contributed by atoms with Crippen molar-refractivity contribution in [1.29, 1.82) is 0 Å². The highest BCUT2D eigenvalue weighted by molar-refractivity contribution is 7.89. The van der Waals surface area contributed by atoms with Gasteiger partial charge in [0.2, 0.25) is 10.0 Å². The first kappa shape index (κ1) is 14.5. The van der Waals surface area contributed by atoms with Gasteiger partial charge in [-0.3, -0.25) is 4.79 Å². The second kappa shape index (κ2) is 5.40. The zero-order valence-corrected chi connectivity index (χ0v) is 10.5. The lowest BCUT2D eigenvalue weighted by Gasteiger charge is -2.11. The van der Waals surface area contributed by atoms with Crippen molar-refractivity contribution in [3.63, 3.8) is 0 Å². The van der Waals surface area contributed by atoms with Crippen LogP contribution in [0.1, 0.15) is 0 Å². The minimum atomic E-state index is -3.57. The molecule has 0 unspecified atom stereocenters. The molecule has 0 saturated carbocycles. The number of carbonyl (C=O) groups excluding carboxylic acids is 1. The van der Waals surface area contributed by atoms with Gasteiger partial charge in [-0.25, -0.2) is 12.7 Å². The van der Waals surface area contributed by atoms with Crippen molar-refractivity contribution < 1.29 is 22.0 Å². The van der Waals surface area contributed by atoms with Crippen molar-refractivity contribution in [2.45, 2.75) is 11.3 Å². The highest BCUT2D eigenvalue weighted by atomic mass is 32.2. The van der Waals surface area contributed by atoms with Crippen molar-refractivity contribution in [1.82, 2.24) is 4.31 Å². The van der Waals surface area contributed by atoms with Gasteiger partial charge in [-0.1, -0.05) is 0 Å². The van der Waals surface area contributed by atoms with Gasteiger partial charge >= 0.3 is 6.43 Å². The summed E-state index contributed by atoms with van der Waals surface area (Å²) in [7, 11) is -0.812. The molecule has 5 nitrogen and oxygen atoms in total. The van der Waals surface area contributed by atoms with E-state index in [4.69, 9.17) is 0 Å². The minimum Gasteiger partial charge on any atom is -0.321 e. The Morgan fingerprint density at radius 3 is 2.11 bits per heavy atom. The molecule has 0 aliphatic heterocycles. The molecule has 1 rings (SSSR count).